The average molecular weight is 409 g/mol. The SMILES string of the molecule is COCC(NC(=O)Nc1cc2cnn(C3CCNC(C)C3)c2cn1)c1ccccc1. The van der Waals surface area contributed by atoms with E-state index in [1.807, 2.05) is 42.6 Å². The summed E-state index contributed by atoms with van der Waals surface area (Å²) in [6.45, 7) is 3.57. The summed E-state index contributed by atoms with van der Waals surface area (Å²) in [7, 11) is 1.62. The second-order valence-corrected chi connectivity index (χ2v) is 7.77. The first-order chi connectivity index (χ1) is 14.6. The Morgan fingerprint density at radius 1 is 1.33 bits per heavy atom. The fourth-order valence-electron chi connectivity index (χ4n) is 4.02. The molecule has 3 atom stereocenters. The average Bonchev–Trinajstić information content (AvgIpc) is 3.17. The standard InChI is InChI=1S/C22H28N6O2/c1-15-10-18(8-9-23-15)28-20-13-24-21(11-17(20)12-25-28)27-22(29)26-19(14-30-2)16-6-4-3-5-7-16/h3-7,11-13,15,18-19,23H,8-10,14H2,1-2H3,(H2,24,26,27,29). The Morgan fingerprint density at radius 2 is 2.17 bits per heavy atom. The molecule has 0 spiro atoms. The van der Waals surface area contributed by atoms with Crippen LogP contribution in [-0.4, -0.2) is 47.1 Å². The number of carbonyl (C=O) groups excluding carboxylic acids is 1. The molecule has 8 heteroatoms. The fourth-order valence-corrected chi connectivity index (χ4v) is 4.02. The van der Waals surface area contributed by atoms with Crippen LogP contribution in [0.3, 0.4) is 0 Å². The highest BCUT2D eigenvalue weighted by atomic mass is 16.5. The minimum atomic E-state index is -0.327. The van der Waals surface area contributed by atoms with E-state index in [-0.39, 0.29) is 12.1 Å². The van der Waals surface area contributed by atoms with Crippen molar-refractivity contribution in [3.8, 4) is 0 Å². The molecule has 0 saturated carbocycles. The van der Waals surface area contributed by atoms with E-state index in [2.05, 4.69) is 37.6 Å². The molecular formula is C22H28N6O2. The van der Waals surface area contributed by atoms with Gasteiger partial charge in [0.15, 0.2) is 0 Å². The summed E-state index contributed by atoms with van der Waals surface area (Å²) >= 11 is 0. The molecule has 30 heavy (non-hydrogen) atoms. The van der Waals surface area contributed by atoms with Gasteiger partial charge in [0.25, 0.3) is 0 Å². The predicted octanol–water partition coefficient (Wildman–Crippen LogP) is 3.25. The first-order valence-electron chi connectivity index (χ1n) is 10.3. The number of pyridine rings is 1. The van der Waals surface area contributed by atoms with Gasteiger partial charge in [-0.15, -0.1) is 0 Å². The van der Waals surface area contributed by atoms with Crippen LogP contribution in [0.25, 0.3) is 10.9 Å². The van der Waals surface area contributed by atoms with Crippen molar-refractivity contribution in [3.05, 3.63) is 54.4 Å². The molecule has 8 nitrogen and oxygen atoms in total. The number of carbonyl (C=O) groups is 1. The Morgan fingerprint density at radius 3 is 2.93 bits per heavy atom. The van der Waals surface area contributed by atoms with E-state index in [0.29, 0.717) is 24.5 Å². The van der Waals surface area contributed by atoms with Crippen molar-refractivity contribution in [1.29, 1.82) is 0 Å². The molecule has 0 aliphatic carbocycles. The molecule has 158 valence electrons. The highest BCUT2D eigenvalue weighted by Crippen LogP contribution is 2.26. The Kier molecular flexibility index (Phi) is 6.25. The first-order valence-corrected chi connectivity index (χ1v) is 10.3. The number of rotatable bonds is 6. The Labute approximate surface area is 176 Å². The normalized spacial score (nSPS) is 20.1. The second-order valence-electron chi connectivity index (χ2n) is 7.77. The topological polar surface area (TPSA) is 93.1 Å². The van der Waals surface area contributed by atoms with Gasteiger partial charge < -0.3 is 15.4 Å². The van der Waals surface area contributed by atoms with Crippen LogP contribution in [0.2, 0.25) is 0 Å². The summed E-state index contributed by atoms with van der Waals surface area (Å²) in [5, 5.41) is 14.8. The van der Waals surface area contributed by atoms with Gasteiger partial charge in [-0.3, -0.25) is 10.00 Å². The van der Waals surface area contributed by atoms with Crippen molar-refractivity contribution in [2.45, 2.75) is 37.9 Å². The van der Waals surface area contributed by atoms with Crippen LogP contribution >= 0.6 is 0 Å². The summed E-state index contributed by atoms with van der Waals surface area (Å²) in [5.41, 5.74) is 1.97. The van der Waals surface area contributed by atoms with E-state index in [1.165, 1.54) is 0 Å². The van der Waals surface area contributed by atoms with Gasteiger partial charge in [0.2, 0.25) is 0 Å². The summed E-state index contributed by atoms with van der Waals surface area (Å²) in [6.07, 6.45) is 5.71. The Hall–Kier alpha value is -2.97. The summed E-state index contributed by atoms with van der Waals surface area (Å²) < 4.78 is 7.32. The van der Waals surface area contributed by atoms with Gasteiger partial charge in [-0.05, 0) is 37.9 Å². The maximum Gasteiger partial charge on any atom is 0.320 e. The molecule has 4 rings (SSSR count). The number of nitrogens with zero attached hydrogens (tertiary/aromatic N) is 3. The van der Waals surface area contributed by atoms with Crippen LogP contribution in [0.4, 0.5) is 10.6 Å². The smallest absolute Gasteiger partial charge is 0.320 e. The van der Waals surface area contributed by atoms with Crippen LogP contribution in [-0.2, 0) is 4.74 Å². The van der Waals surface area contributed by atoms with Crippen LogP contribution in [0.1, 0.15) is 37.4 Å². The number of ether oxygens (including phenoxy) is 1. The quantitative estimate of drug-likeness (QED) is 0.582. The zero-order valence-electron chi connectivity index (χ0n) is 17.3. The van der Waals surface area contributed by atoms with Gasteiger partial charge in [0.05, 0.1) is 36.6 Å². The highest BCUT2D eigenvalue weighted by Gasteiger charge is 2.22. The molecule has 2 aromatic heterocycles. The van der Waals surface area contributed by atoms with Crippen LogP contribution in [0.15, 0.2) is 48.8 Å². The lowest BCUT2D eigenvalue weighted by molar-refractivity contribution is 0.168. The monoisotopic (exact) mass is 408 g/mol. The molecule has 3 N–H and O–H groups in total. The summed E-state index contributed by atoms with van der Waals surface area (Å²) in [5.74, 6) is 0.488. The lowest BCUT2D eigenvalue weighted by atomic mass is 10.0. The summed E-state index contributed by atoms with van der Waals surface area (Å²) in [6, 6.07) is 11.9. The molecule has 1 aliphatic heterocycles. The number of amides is 2. The predicted molar refractivity (Wildman–Crippen MR) is 116 cm³/mol. The van der Waals surface area contributed by atoms with Crippen molar-refractivity contribution < 1.29 is 9.53 Å². The second kappa shape index (κ2) is 9.23. The number of hydrogen-bond acceptors (Lipinski definition) is 5. The first kappa shape index (κ1) is 20.3. The molecule has 1 fully saturated rings. The Balaban J connectivity index is 1.45. The van der Waals surface area contributed by atoms with E-state index in [4.69, 9.17) is 4.74 Å². The van der Waals surface area contributed by atoms with Crippen molar-refractivity contribution >= 4 is 22.8 Å². The van der Waals surface area contributed by atoms with Crippen LogP contribution in [0, 0.1) is 0 Å². The third-order valence-electron chi connectivity index (χ3n) is 5.51. The molecule has 3 heterocycles. The number of piperidine rings is 1. The van der Waals surface area contributed by atoms with Crippen molar-refractivity contribution in [2.75, 3.05) is 25.6 Å². The van der Waals surface area contributed by atoms with E-state index < -0.39 is 0 Å². The molecule has 1 saturated heterocycles. The minimum Gasteiger partial charge on any atom is -0.382 e. The molecule has 2 amide bonds. The molecule has 1 aliphatic rings. The number of fused-ring (bicyclic) bond motifs is 1. The molecule has 0 radical (unpaired) electrons. The van der Waals surface area contributed by atoms with Gasteiger partial charge in [0.1, 0.15) is 5.82 Å². The fraction of sp³-hybridized carbons (Fsp3) is 0.409. The van der Waals surface area contributed by atoms with Crippen LogP contribution in [0.5, 0.6) is 0 Å². The molecule has 0 bridgehead atoms. The van der Waals surface area contributed by atoms with Gasteiger partial charge in [0, 0.05) is 18.5 Å². The Bertz CT molecular complexity index is 990. The third kappa shape index (κ3) is 4.60. The van der Waals surface area contributed by atoms with Gasteiger partial charge in [-0.2, -0.15) is 5.10 Å². The molecule has 3 aromatic rings. The zero-order chi connectivity index (χ0) is 20.9. The molecule has 3 unspecified atom stereocenters. The third-order valence-corrected chi connectivity index (χ3v) is 5.51. The lowest BCUT2D eigenvalue weighted by Crippen LogP contribution is -2.37. The van der Waals surface area contributed by atoms with Gasteiger partial charge in [-0.1, -0.05) is 30.3 Å². The molecular weight excluding hydrogens is 380 g/mol. The van der Waals surface area contributed by atoms with Crippen LogP contribution < -0.4 is 16.0 Å². The maximum atomic E-state index is 12.6. The van der Waals surface area contributed by atoms with Crippen molar-refractivity contribution in [2.24, 2.45) is 0 Å². The summed E-state index contributed by atoms with van der Waals surface area (Å²) in [4.78, 5) is 17.0. The zero-order valence-corrected chi connectivity index (χ0v) is 17.3. The largest absolute Gasteiger partial charge is 0.382 e. The van der Waals surface area contributed by atoms with E-state index in [9.17, 15) is 4.79 Å². The highest BCUT2D eigenvalue weighted by molar-refractivity contribution is 5.91. The number of anilines is 1. The lowest BCUT2D eigenvalue weighted by Gasteiger charge is -2.28. The van der Waals surface area contributed by atoms with Crippen molar-refractivity contribution in [1.82, 2.24) is 25.4 Å². The molecule has 1 aromatic carbocycles. The van der Waals surface area contributed by atoms with Gasteiger partial charge >= 0.3 is 6.03 Å². The number of urea groups is 1. The number of benzene rings is 1. The number of hydrogen-bond donors (Lipinski definition) is 3. The number of methoxy groups -OCH3 is 1. The number of aromatic nitrogens is 3. The van der Waals surface area contributed by atoms with E-state index in [0.717, 1.165) is 35.9 Å². The maximum absolute atomic E-state index is 12.6. The number of nitrogens with one attached hydrogen (secondary N) is 3. The van der Waals surface area contributed by atoms with E-state index in [1.54, 1.807) is 13.3 Å². The minimum absolute atomic E-state index is 0.246. The van der Waals surface area contributed by atoms with E-state index >= 15 is 0 Å². The van der Waals surface area contributed by atoms with Crippen molar-refractivity contribution in [3.63, 3.8) is 0 Å². The van der Waals surface area contributed by atoms with Gasteiger partial charge in [-0.25, -0.2) is 9.78 Å².